The molecule has 1 amide bonds. The first-order valence-electron chi connectivity index (χ1n) is 8.15. The van der Waals surface area contributed by atoms with Gasteiger partial charge in [-0.25, -0.2) is 4.39 Å². The minimum Gasteiger partial charge on any atom is -0.468 e. The number of amides is 1. The Bertz CT molecular complexity index is 657. The molecular weight excluding hydrogens is 327 g/mol. The van der Waals surface area contributed by atoms with Crippen LogP contribution < -0.4 is 5.32 Å². The topological polar surface area (TPSA) is 45.5 Å². The van der Waals surface area contributed by atoms with Crippen LogP contribution in [0.15, 0.2) is 52.0 Å². The monoisotopic (exact) mass is 348 g/mol. The third-order valence-corrected chi connectivity index (χ3v) is 5.19. The molecule has 24 heavy (non-hydrogen) atoms. The molecule has 1 fully saturated rings. The first-order chi connectivity index (χ1) is 11.7. The van der Waals surface area contributed by atoms with E-state index in [1.165, 1.54) is 30.7 Å². The highest BCUT2D eigenvalue weighted by atomic mass is 32.2. The van der Waals surface area contributed by atoms with Crippen molar-refractivity contribution >= 4 is 17.7 Å². The predicted octanol–water partition coefficient (Wildman–Crippen LogP) is 3.46. The Morgan fingerprint density at radius 3 is 2.75 bits per heavy atom. The molecule has 2 heterocycles. The quantitative estimate of drug-likeness (QED) is 0.779. The summed E-state index contributed by atoms with van der Waals surface area (Å²) < 4.78 is 19.1. The molecular formula is C18H21FN2O2S. The van der Waals surface area contributed by atoms with Gasteiger partial charge in [0.2, 0.25) is 5.91 Å². The van der Waals surface area contributed by atoms with Crippen LogP contribution in [0.4, 0.5) is 4.39 Å². The Morgan fingerprint density at radius 1 is 1.25 bits per heavy atom. The van der Waals surface area contributed by atoms with Crippen LogP contribution in [0, 0.1) is 5.82 Å². The van der Waals surface area contributed by atoms with Crippen LogP contribution in [0.3, 0.4) is 0 Å². The number of carbonyl (C=O) groups is 1. The van der Waals surface area contributed by atoms with E-state index in [0.717, 1.165) is 18.8 Å². The van der Waals surface area contributed by atoms with Crippen LogP contribution in [-0.2, 0) is 4.79 Å². The Balaban J connectivity index is 1.52. The van der Waals surface area contributed by atoms with E-state index in [9.17, 15) is 9.18 Å². The van der Waals surface area contributed by atoms with Gasteiger partial charge in [0.15, 0.2) is 0 Å². The highest BCUT2D eigenvalue weighted by Gasteiger charge is 2.25. The van der Waals surface area contributed by atoms with Gasteiger partial charge in [-0.2, -0.15) is 0 Å². The van der Waals surface area contributed by atoms with E-state index in [-0.39, 0.29) is 23.5 Å². The molecule has 0 spiro atoms. The molecule has 1 N–H and O–H groups in total. The number of likely N-dealkylation sites (tertiary alicyclic amines) is 1. The van der Waals surface area contributed by atoms with Crippen molar-refractivity contribution in [2.24, 2.45) is 0 Å². The van der Waals surface area contributed by atoms with Gasteiger partial charge < -0.3 is 9.73 Å². The molecule has 1 saturated heterocycles. The summed E-state index contributed by atoms with van der Waals surface area (Å²) in [7, 11) is 0. The largest absolute Gasteiger partial charge is 0.468 e. The van der Waals surface area contributed by atoms with Crippen molar-refractivity contribution in [3.63, 3.8) is 0 Å². The molecule has 0 saturated carbocycles. The van der Waals surface area contributed by atoms with Crippen LogP contribution in [0.25, 0.3) is 0 Å². The lowest BCUT2D eigenvalue weighted by molar-refractivity contribution is -0.118. The Labute approximate surface area is 145 Å². The van der Waals surface area contributed by atoms with Crippen molar-refractivity contribution in [3.05, 3.63) is 54.2 Å². The number of nitrogens with one attached hydrogen (secondary N) is 1. The number of furan rings is 1. The Morgan fingerprint density at radius 2 is 2.04 bits per heavy atom. The van der Waals surface area contributed by atoms with Crippen molar-refractivity contribution in [1.82, 2.24) is 10.2 Å². The van der Waals surface area contributed by atoms with E-state index < -0.39 is 0 Å². The molecule has 1 aliphatic rings. The third kappa shape index (κ3) is 4.39. The second kappa shape index (κ2) is 8.35. The molecule has 1 atom stereocenters. The zero-order valence-corrected chi connectivity index (χ0v) is 14.2. The summed E-state index contributed by atoms with van der Waals surface area (Å²) >= 11 is 1.21. The van der Waals surface area contributed by atoms with E-state index in [0.29, 0.717) is 11.4 Å². The number of benzene rings is 1. The fourth-order valence-corrected chi connectivity index (χ4v) is 3.68. The average molecular weight is 348 g/mol. The summed E-state index contributed by atoms with van der Waals surface area (Å²) in [5.74, 6) is 0.685. The molecule has 0 aliphatic carbocycles. The summed E-state index contributed by atoms with van der Waals surface area (Å²) in [5.41, 5.74) is 0. The highest BCUT2D eigenvalue weighted by molar-refractivity contribution is 8.00. The van der Waals surface area contributed by atoms with Crippen LogP contribution >= 0.6 is 11.8 Å². The van der Waals surface area contributed by atoms with Crippen molar-refractivity contribution in [2.75, 3.05) is 25.4 Å². The molecule has 128 valence electrons. The fourth-order valence-electron chi connectivity index (χ4n) is 2.91. The first kappa shape index (κ1) is 17.0. The van der Waals surface area contributed by atoms with Gasteiger partial charge in [0.1, 0.15) is 11.6 Å². The molecule has 0 radical (unpaired) electrons. The van der Waals surface area contributed by atoms with E-state index in [2.05, 4.69) is 10.2 Å². The normalized spacial score (nSPS) is 16.2. The molecule has 6 heteroatoms. The minimum atomic E-state index is -0.291. The predicted molar refractivity (Wildman–Crippen MR) is 92.4 cm³/mol. The maximum absolute atomic E-state index is 13.6. The number of nitrogens with zero attached hydrogens (tertiary/aromatic N) is 1. The second-order valence-electron chi connectivity index (χ2n) is 5.80. The van der Waals surface area contributed by atoms with E-state index in [1.807, 2.05) is 12.1 Å². The molecule has 3 rings (SSSR count). The van der Waals surface area contributed by atoms with E-state index in [4.69, 9.17) is 4.42 Å². The van der Waals surface area contributed by atoms with Crippen LogP contribution in [0.5, 0.6) is 0 Å². The number of halogens is 1. The highest BCUT2D eigenvalue weighted by Crippen LogP contribution is 2.25. The second-order valence-corrected chi connectivity index (χ2v) is 6.81. The summed E-state index contributed by atoms with van der Waals surface area (Å²) in [6, 6.07) is 10.4. The van der Waals surface area contributed by atoms with Crippen molar-refractivity contribution in [1.29, 1.82) is 0 Å². The summed E-state index contributed by atoms with van der Waals surface area (Å²) in [4.78, 5) is 14.9. The van der Waals surface area contributed by atoms with Crippen molar-refractivity contribution in [3.8, 4) is 0 Å². The van der Waals surface area contributed by atoms with E-state index >= 15 is 0 Å². The number of hydrogen-bond acceptors (Lipinski definition) is 4. The summed E-state index contributed by atoms with van der Waals surface area (Å²) in [6.45, 7) is 2.54. The average Bonchev–Trinajstić information content (AvgIpc) is 3.28. The molecule has 1 aromatic carbocycles. The number of hydrogen-bond donors (Lipinski definition) is 1. The van der Waals surface area contributed by atoms with Gasteiger partial charge in [-0.15, -0.1) is 11.8 Å². The number of rotatable bonds is 7. The molecule has 2 aromatic rings. The summed E-state index contributed by atoms with van der Waals surface area (Å²) in [6.07, 6.45) is 4.01. The SMILES string of the molecule is O=C(CSc1ccccc1F)NCC(c1ccco1)N1CCCC1. The van der Waals surface area contributed by atoms with Crippen molar-refractivity contribution < 1.29 is 13.6 Å². The zero-order chi connectivity index (χ0) is 16.8. The fraction of sp³-hybridized carbons (Fsp3) is 0.389. The Kier molecular flexibility index (Phi) is 5.93. The maximum Gasteiger partial charge on any atom is 0.230 e. The van der Waals surface area contributed by atoms with Gasteiger partial charge in [0.05, 0.1) is 18.1 Å². The smallest absolute Gasteiger partial charge is 0.230 e. The lowest BCUT2D eigenvalue weighted by atomic mass is 10.2. The Hall–Kier alpha value is -1.79. The maximum atomic E-state index is 13.6. The van der Waals surface area contributed by atoms with Gasteiger partial charge in [-0.3, -0.25) is 9.69 Å². The molecule has 0 bridgehead atoms. The van der Waals surface area contributed by atoms with Gasteiger partial charge in [-0.05, 0) is 50.2 Å². The molecule has 1 aromatic heterocycles. The number of carbonyl (C=O) groups excluding carboxylic acids is 1. The zero-order valence-electron chi connectivity index (χ0n) is 13.4. The molecule has 1 aliphatic heterocycles. The van der Waals surface area contributed by atoms with Crippen molar-refractivity contribution in [2.45, 2.75) is 23.8 Å². The summed E-state index contributed by atoms with van der Waals surface area (Å²) in [5, 5.41) is 2.95. The minimum absolute atomic E-state index is 0.0601. The third-order valence-electron chi connectivity index (χ3n) is 4.14. The van der Waals surface area contributed by atoms with Gasteiger partial charge in [0.25, 0.3) is 0 Å². The molecule has 4 nitrogen and oxygen atoms in total. The standard InChI is InChI=1S/C18H21FN2O2S/c19-14-6-1-2-8-17(14)24-13-18(22)20-12-15(16-7-5-11-23-16)21-9-3-4-10-21/h1-2,5-8,11,15H,3-4,9-10,12-13H2,(H,20,22). The van der Waals surface area contributed by atoms with Crippen LogP contribution in [-0.4, -0.2) is 36.2 Å². The lowest BCUT2D eigenvalue weighted by Crippen LogP contribution is -2.37. The van der Waals surface area contributed by atoms with Gasteiger partial charge >= 0.3 is 0 Å². The molecule has 1 unspecified atom stereocenters. The van der Waals surface area contributed by atoms with Gasteiger partial charge in [-0.1, -0.05) is 12.1 Å². The van der Waals surface area contributed by atoms with Gasteiger partial charge in [0, 0.05) is 11.4 Å². The first-order valence-corrected chi connectivity index (χ1v) is 9.14. The van der Waals surface area contributed by atoms with Crippen LogP contribution in [0.2, 0.25) is 0 Å². The van der Waals surface area contributed by atoms with E-state index in [1.54, 1.807) is 24.5 Å². The lowest BCUT2D eigenvalue weighted by Gasteiger charge is -2.26. The van der Waals surface area contributed by atoms with Crippen LogP contribution in [0.1, 0.15) is 24.6 Å². The number of thioether (sulfide) groups is 1.